The lowest BCUT2D eigenvalue weighted by Gasteiger charge is -2.34. The third-order valence-electron chi connectivity index (χ3n) is 2.78. The van der Waals surface area contributed by atoms with Gasteiger partial charge in [-0.1, -0.05) is 0 Å². The fraction of sp³-hybridized carbons (Fsp3) is 0.545. The lowest BCUT2D eigenvalue weighted by molar-refractivity contribution is 0.0170. The van der Waals surface area contributed by atoms with Gasteiger partial charge in [-0.25, -0.2) is 4.39 Å². The summed E-state index contributed by atoms with van der Waals surface area (Å²) in [5.74, 6) is -0.280. The molecule has 15 heavy (non-hydrogen) atoms. The maximum atomic E-state index is 12.8. The normalized spacial score (nSPS) is 24.9. The molecule has 1 aliphatic carbocycles. The van der Waals surface area contributed by atoms with E-state index in [4.69, 9.17) is 4.74 Å². The fourth-order valence-corrected chi connectivity index (χ4v) is 1.74. The molecule has 0 aliphatic heterocycles. The molecule has 0 bridgehead atoms. The number of hydrogen-bond acceptors (Lipinski definition) is 3. The van der Waals surface area contributed by atoms with Crippen molar-refractivity contribution < 1.29 is 9.13 Å². The Hall–Kier alpha value is -1.00. The van der Waals surface area contributed by atoms with Crippen molar-refractivity contribution in [3.05, 3.63) is 29.8 Å². The number of nitrogens with zero attached hydrogens (tertiary/aromatic N) is 1. The molecule has 82 valence electrons. The van der Waals surface area contributed by atoms with E-state index >= 15 is 0 Å². The van der Waals surface area contributed by atoms with Crippen LogP contribution in [0.4, 0.5) is 4.39 Å². The summed E-state index contributed by atoms with van der Waals surface area (Å²) in [7, 11) is 1.73. The van der Waals surface area contributed by atoms with Gasteiger partial charge in [-0.15, -0.1) is 0 Å². The molecule has 0 atom stereocenters. The average molecular weight is 210 g/mol. The van der Waals surface area contributed by atoms with Gasteiger partial charge in [-0.3, -0.25) is 4.98 Å². The number of methoxy groups -OCH3 is 1. The van der Waals surface area contributed by atoms with Crippen molar-refractivity contribution >= 4 is 0 Å². The van der Waals surface area contributed by atoms with Crippen LogP contribution in [-0.2, 0) is 11.3 Å². The van der Waals surface area contributed by atoms with Crippen LogP contribution in [0.2, 0.25) is 0 Å². The van der Waals surface area contributed by atoms with E-state index in [0.29, 0.717) is 18.7 Å². The molecule has 0 aromatic carbocycles. The smallest absolute Gasteiger partial charge is 0.141 e. The van der Waals surface area contributed by atoms with Crippen molar-refractivity contribution in [2.45, 2.75) is 31.5 Å². The van der Waals surface area contributed by atoms with Crippen LogP contribution in [0.15, 0.2) is 18.5 Å². The Labute approximate surface area is 88.7 Å². The highest BCUT2D eigenvalue weighted by Crippen LogP contribution is 2.22. The van der Waals surface area contributed by atoms with Crippen LogP contribution in [0.25, 0.3) is 0 Å². The summed E-state index contributed by atoms with van der Waals surface area (Å²) in [6.45, 7) is 0.672. The molecule has 0 unspecified atom stereocenters. The first-order chi connectivity index (χ1) is 7.28. The minimum atomic E-state index is -0.280. The third-order valence-corrected chi connectivity index (χ3v) is 2.78. The summed E-state index contributed by atoms with van der Waals surface area (Å²) >= 11 is 0. The molecule has 4 heteroatoms. The average Bonchev–Trinajstić information content (AvgIpc) is 2.16. The number of ether oxygens (including phenoxy) is 1. The standard InChI is InChI=1S/C11H15FN2O/c1-15-11-3-10(4-11)14-6-8-2-9(12)7-13-5-8/h2,5,7,10-11,14H,3-4,6H2,1H3. The lowest BCUT2D eigenvalue weighted by Crippen LogP contribution is -2.44. The van der Waals surface area contributed by atoms with E-state index in [1.54, 1.807) is 13.3 Å². The molecule has 1 fully saturated rings. The molecule has 1 N–H and O–H groups in total. The molecule has 1 heterocycles. The van der Waals surface area contributed by atoms with E-state index in [0.717, 1.165) is 18.4 Å². The predicted molar refractivity (Wildman–Crippen MR) is 54.9 cm³/mol. The molecular formula is C11H15FN2O. The Balaban J connectivity index is 1.75. The van der Waals surface area contributed by atoms with E-state index in [1.165, 1.54) is 12.3 Å². The van der Waals surface area contributed by atoms with Gasteiger partial charge in [-0.2, -0.15) is 0 Å². The summed E-state index contributed by atoms with van der Waals surface area (Å²) in [6.07, 6.45) is 5.38. The van der Waals surface area contributed by atoms with Crippen molar-refractivity contribution in [1.82, 2.24) is 10.3 Å². The maximum Gasteiger partial charge on any atom is 0.141 e. The Morgan fingerprint density at radius 1 is 1.53 bits per heavy atom. The number of rotatable bonds is 4. The summed E-state index contributed by atoms with van der Waals surface area (Å²) < 4.78 is 18.0. The molecule has 0 radical (unpaired) electrons. The predicted octanol–water partition coefficient (Wildman–Crippen LogP) is 1.49. The first-order valence-electron chi connectivity index (χ1n) is 5.13. The van der Waals surface area contributed by atoms with E-state index < -0.39 is 0 Å². The van der Waals surface area contributed by atoms with Crippen molar-refractivity contribution in [2.75, 3.05) is 7.11 Å². The van der Waals surface area contributed by atoms with Gasteiger partial charge in [0.2, 0.25) is 0 Å². The lowest BCUT2D eigenvalue weighted by atomic mass is 9.89. The fourth-order valence-electron chi connectivity index (χ4n) is 1.74. The summed E-state index contributed by atoms with van der Waals surface area (Å²) in [6, 6.07) is 2.00. The Morgan fingerprint density at radius 3 is 3.00 bits per heavy atom. The molecule has 1 aliphatic rings. The van der Waals surface area contributed by atoms with Gasteiger partial charge in [0.1, 0.15) is 5.82 Å². The molecule has 3 nitrogen and oxygen atoms in total. The van der Waals surface area contributed by atoms with Gasteiger partial charge in [0, 0.05) is 25.9 Å². The van der Waals surface area contributed by atoms with E-state index in [-0.39, 0.29) is 5.82 Å². The minimum absolute atomic E-state index is 0.280. The number of halogens is 1. The van der Waals surface area contributed by atoms with Gasteiger partial charge >= 0.3 is 0 Å². The number of hydrogen-bond donors (Lipinski definition) is 1. The molecule has 1 aromatic heterocycles. The second kappa shape index (κ2) is 4.68. The van der Waals surface area contributed by atoms with Crippen LogP contribution in [0.3, 0.4) is 0 Å². The van der Waals surface area contributed by atoms with Gasteiger partial charge in [-0.05, 0) is 24.5 Å². The molecule has 0 spiro atoms. The van der Waals surface area contributed by atoms with E-state index in [9.17, 15) is 4.39 Å². The Kier molecular flexibility index (Phi) is 3.28. The van der Waals surface area contributed by atoms with Gasteiger partial charge in [0.05, 0.1) is 12.3 Å². The van der Waals surface area contributed by atoms with Gasteiger partial charge in [0.15, 0.2) is 0 Å². The molecular weight excluding hydrogens is 195 g/mol. The topological polar surface area (TPSA) is 34.1 Å². The zero-order chi connectivity index (χ0) is 10.7. The number of nitrogens with one attached hydrogen (secondary N) is 1. The zero-order valence-electron chi connectivity index (χ0n) is 8.74. The van der Waals surface area contributed by atoms with E-state index in [1.807, 2.05) is 0 Å². The molecule has 1 aromatic rings. The first kappa shape index (κ1) is 10.5. The number of pyridine rings is 1. The SMILES string of the molecule is COC1CC(NCc2cncc(F)c2)C1. The Morgan fingerprint density at radius 2 is 2.33 bits per heavy atom. The largest absolute Gasteiger partial charge is 0.381 e. The van der Waals surface area contributed by atoms with E-state index in [2.05, 4.69) is 10.3 Å². The molecule has 0 saturated heterocycles. The van der Waals surface area contributed by atoms with Crippen molar-refractivity contribution in [3.63, 3.8) is 0 Å². The highest BCUT2D eigenvalue weighted by Gasteiger charge is 2.28. The quantitative estimate of drug-likeness (QED) is 0.817. The molecule has 1 saturated carbocycles. The number of aromatic nitrogens is 1. The van der Waals surface area contributed by atoms with Crippen molar-refractivity contribution in [2.24, 2.45) is 0 Å². The maximum absolute atomic E-state index is 12.8. The van der Waals surface area contributed by atoms with Crippen molar-refractivity contribution in [1.29, 1.82) is 0 Å². The summed E-state index contributed by atoms with van der Waals surface area (Å²) in [5.41, 5.74) is 0.885. The summed E-state index contributed by atoms with van der Waals surface area (Å²) in [5, 5.41) is 3.34. The summed E-state index contributed by atoms with van der Waals surface area (Å²) in [4.78, 5) is 3.80. The first-order valence-corrected chi connectivity index (χ1v) is 5.13. The van der Waals surface area contributed by atoms with Gasteiger partial charge < -0.3 is 10.1 Å². The van der Waals surface area contributed by atoms with Crippen LogP contribution >= 0.6 is 0 Å². The van der Waals surface area contributed by atoms with Gasteiger partial charge in [0.25, 0.3) is 0 Å². The highest BCUT2D eigenvalue weighted by molar-refractivity contribution is 5.10. The Bertz CT molecular complexity index is 326. The van der Waals surface area contributed by atoms with Crippen LogP contribution in [-0.4, -0.2) is 24.2 Å². The molecule has 2 rings (SSSR count). The second-order valence-electron chi connectivity index (χ2n) is 3.92. The van der Waals surface area contributed by atoms with Crippen LogP contribution in [0.5, 0.6) is 0 Å². The minimum Gasteiger partial charge on any atom is -0.381 e. The van der Waals surface area contributed by atoms with Crippen LogP contribution in [0, 0.1) is 5.82 Å². The van der Waals surface area contributed by atoms with Crippen LogP contribution in [0.1, 0.15) is 18.4 Å². The third kappa shape index (κ3) is 2.73. The van der Waals surface area contributed by atoms with Crippen molar-refractivity contribution in [3.8, 4) is 0 Å². The van der Waals surface area contributed by atoms with Crippen LogP contribution < -0.4 is 5.32 Å². The highest BCUT2D eigenvalue weighted by atomic mass is 19.1. The second-order valence-corrected chi connectivity index (χ2v) is 3.92. The molecule has 0 amide bonds. The zero-order valence-corrected chi connectivity index (χ0v) is 8.74. The monoisotopic (exact) mass is 210 g/mol.